The molecule has 0 fully saturated rings. The Hall–Kier alpha value is -2.37. The second-order valence-electron chi connectivity index (χ2n) is 5.71. The number of carboxylic acids is 1. The minimum atomic E-state index is -1.04. The van der Waals surface area contributed by atoms with Gasteiger partial charge in [0.25, 0.3) is 0 Å². The van der Waals surface area contributed by atoms with Crippen LogP contribution in [0, 0.1) is 0 Å². The zero-order chi connectivity index (χ0) is 16.8. The molecule has 0 aliphatic carbocycles. The highest BCUT2D eigenvalue weighted by atomic mass is 16.4. The van der Waals surface area contributed by atoms with Crippen molar-refractivity contribution in [2.45, 2.75) is 45.1 Å². The fourth-order valence-corrected chi connectivity index (χ4v) is 2.72. The van der Waals surface area contributed by atoms with E-state index in [0.717, 1.165) is 24.1 Å². The van der Waals surface area contributed by atoms with Gasteiger partial charge in [-0.1, -0.05) is 38.0 Å². The number of hydrogen-bond donors (Lipinski definition) is 2. The second kappa shape index (κ2) is 7.76. The molecule has 6 nitrogen and oxygen atoms in total. The maximum Gasteiger partial charge on any atom is 0.326 e. The highest BCUT2D eigenvalue weighted by Crippen LogP contribution is 2.27. The summed E-state index contributed by atoms with van der Waals surface area (Å²) >= 11 is 0. The van der Waals surface area contributed by atoms with E-state index in [1.165, 1.54) is 4.90 Å². The van der Waals surface area contributed by atoms with Crippen molar-refractivity contribution in [3.05, 3.63) is 29.8 Å². The number of nitrogens with one attached hydrogen (secondary N) is 1. The van der Waals surface area contributed by atoms with Crippen LogP contribution in [0.3, 0.4) is 0 Å². The molecule has 1 aromatic rings. The van der Waals surface area contributed by atoms with E-state index in [0.29, 0.717) is 19.3 Å². The number of anilines is 1. The number of nitrogens with zero attached hydrogens (tertiary/aromatic N) is 1. The van der Waals surface area contributed by atoms with Crippen LogP contribution in [-0.4, -0.2) is 35.5 Å². The van der Waals surface area contributed by atoms with Gasteiger partial charge >= 0.3 is 5.97 Å². The number of aryl methyl sites for hydroxylation is 1. The summed E-state index contributed by atoms with van der Waals surface area (Å²) in [7, 11) is 0. The number of carboxylic acid groups (broad SMARTS) is 1. The first-order chi connectivity index (χ1) is 11.0. The first-order valence-corrected chi connectivity index (χ1v) is 7.93. The van der Waals surface area contributed by atoms with Gasteiger partial charge in [0.15, 0.2) is 0 Å². The Morgan fingerprint density at radius 3 is 2.74 bits per heavy atom. The molecule has 1 aliphatic rings. The number of fused-ring (bicyclic) bond motifs is 1. The van der Waals surface area contributed by atoms with Crippen molar-refractivity contribution in [2.75, 3.05) is 11.4 Å². The maximum atomic E-state index is 12.2. The molecule has 2 N–H and O–H groups in total. The molecule has 1 heterocycles. The molecule has 0 saturated heterocycles. The lowest BCUT2D eigenvalue weighted by Crippen LogP contribution is -2.48. The predicted octanol–water partition coefficient (Wildman–Crippen LogP) is 1.73. The minimum absolute atomic E-state index is 0.112. The second-order valence-corrected chi connectivity index (χ2v) is 5.71. The van der Waals surface area contributed by atoms with E-state index in [4.69, 9.17) is 5.11 Å². The monoisotopic (exact) mass is 318 g/mol. The van der Waals surface area contributed by atoms with Gasteiger partial charge in [0, 0.05) is 12.1 Å². The smallest absolute Gasteiger partial charge is 0.326 e. The molecule has 0 bridgehead atoms. The Balaban J connectivity index is 2.04. The molecule has 0 saturated carbocycles. The molecule has 2 rings (SSSR count). The summed E-state index contributed by atoms with van der Waals surface area (Å²) in [5, 5.41) is 11.7. The normalized spacial score (nSPS) is 15.0. The van der Waals surface area contributed by atoms with E-state index in [9.17, 15) is 14.4 Å². The standard InChI is InChI=1S/C17H22N2O4/c1-2-3-7-13(17(22)23)18-15(20)11-19-14-8-5-4-6-12(14)9-10-16(19)21/h4-6,8,13H,2-3,7,9-11H2,1H3,(H,18,20)(H,22,23)/t13-/m0/s1. The van der Waals surface area contributed by atoms with Crippen LogP contribution < -0.4 is 10.2 Å². The van der Waals surface area contributed by atoms with Crippen molar-refractivity contribution < 1.29 is 19.5 Å². The zero-order valence-corrected chi connectivity index (χ0v) is 13.2. The van der Waals surface area contributed by atoms with E-state index in [1.807, 2.05) is 31.2 Å². The Morgan fingerprint density at radius 1 is 1.30 bits per heavy atom. The predicted molar refractivity (Wildman–Crippen MR) is 86.2 cm³/mol. The van der Waals surface area contributed by atoms with Gasteiger partial charge in [-0.2, -0.15) is 0 Å². The molecule has 124 valence electrons. The van der Waals surface area contributed by atoms with Crippen molar-refractivity contribution in [1.29, 1.82) is 0 Å². The van der Waals surface area contributed by atoms with Crippen molar-refractivity contribution >= 4 is 23.5 Å². The molecule has 1 atom stereocenters. The number of rotatable bonds is 7. The average Bonchev–Trinajstić information content (AvgIpc) is 2.54. The van der Waals surface area contributed by atoms with Crippen LogP contribution in [0.15, 0.2) is 24.3 Å². The van der Waals surface area contributed by atoms with Crippen LogP contribution in [-0.2, 0) is 20.8 Å². The average molecular weight is 318 g/mol. The largest absolute Gasteiger partial charge is 0.480 e. The number of unbranched alkanes of at least 4 members (excludes halogenated alkanes) is 1. The molecular weight excluding hydrogens is 296 g/mol. The van der Waals surface area contributed by atoms with Gasteiger partial charge in [0.1, 0.15) is 12.6 Å². The van der Waals surface area contributed by atoms with Gasteiger partial charge in [-0.05, 0) is 24.5 Å². The van der Waals surface area contributed by atoms with Gasteiger partial charge in [-0.3, -0.25) is 9.59 Å². The van der Waals surface area contributed by atoms with E-state index >= 15 is 0 Å². The Kier molecular flexibility index (Phi) is 5.73. The quantitative estimate of drug-likeness (QED) is 0.801. The van der Waals surface area contributed by atoms with Crippen molar-refractivity contribution in [2.24, 2.45) is 0 Å². The van der Waals surface area contributed by atoms with Crippen LogP contribution in [0.5, 0.6) is 0 Å². The summed E-state index contributed by atoms with van der Waals surface area (Å²) < 4.78 is 0. The van der Waals surface area contributed by atoms with Gasteiger partial charge < -0.3 is 15.3 Å². The lowest BCUT2D eigenvalue weighted by Gasteiger charge is -2.29. The Labute approximate surface area is 135 Å². The summed E-state index contributed by atoms with van der Waals surface area (Å²) in [6.07, 6.45) is 3.01. The summed E-state index contributed by atoms with van der Waals surface area (Å²) in [5.74, 6) is -1.60. The van der Waals surface area contributed by atoms with Gasteiger partial charge in [0.05, 0.1) is 0 Å². The molecule has 1 aliphatic heterocycles. The van der Waals surface area contributed by atoms with Gasteiger partial charge in [-0.25, -0.2) is 4.79 Å². The fraction of sp³-hybridized carbons (Fsp3) is 0.471. The van der Waals surface area contributed by atoms with Crippen LogP contribution in [0.25, 0.3) is 0 Å². The summed E-state index contributed by atoms with van der Waals surface area (Å²) in [6, 6.07) is 6.57. The van der Waals surface area contributed by atoms with Crippen LogP contribution in [0.2, 0.25) is 0 Å². The van der Waals surface area contributed by atoms with Crippen molar-refractivity contribution in [3.63, 3.8) is 0 Å². The van der Waals surface area contributed by atoms with Crippen LogP contribution in [0.1, 0.15) is 38.2 Å². The maximum absolute atomic E-state index is 12.2. The summed E-state index contributed by atoms with van der Waals surface area (Å²) in [6.45, 7) is 1.82. The molecule has 0 aromatic heterocycles. The lowest BCUT2D eigenvalue weighted by molar-refractivity contribution is -0.141. The summed E-state index contributed by atoms with van der Waals surface area (Å²) in [5.41, 5.74) is 1.76. The molecule has 0 unspecified atom stereocenters. The molecular formula is C17H22N2O4. The molecule has 1 aromatic carbocycles. The Bertz CT molecular complexity index is 600. The Morgan fingerprint density at radius 2 is 2.04 bits per heavy atom. The zero-order valence-electron chi connectivity index (χ0n) is 13.2. The van der Waals surface area contributed by atoms with E-state index in [-0.39, 0.29) is 12.5 Å². The van der Waals surface area contributed by atoms with E-state index in [1.54, 1.807) is 0 Å². The third kappa shape index (κ3) is 4.31. The highest BCUT2D eigenvalue weighted by Gasteiger charge is 2.27. The number of amides is 2. The van der Waals surface area contributed by atoms with Crippen LogP contribution >= 0.6 is 0 Å². The number of hydrogen-bond acceptors (Lipinski definition) is 3. The third-order valence-electron chi connectivity index (χ3n) is 3.97. The number of para-hydroxylation sites is 1. The van der Waals surface area contributed by atoms with Crippen molar-refractivity contribution in [3.8, 4) is 0 Å². The van der Waals surface area contributed by atoms with E-state index in [2.05, 4.69) is 5.32 Å². The topological polar surface area (TPSA) is 86.7 Å². The number of aliphatic carboxylic acids is 1. The molecule has 0 radical (unpaired) electrons. The molecule has 23 heavy (non-hydrogen) atoms. The molecule has 0 spiro atoms. The minimum Gasteiger partial charge on any atom is -0.480 e. The summed E-state index contributed by atoms with van der Waals surface area (Å²) in [4.78, 5) is 36.9. The number of benzene rings is 1. The fourth-order valence-electron chi connectivity index (χ4n) is 2.72. The third-order valence-corrected chi connectivity index (χ3v) is 3.97. The number of carbonyl (C=O) groups is 3. The van der Waals surface area contributed by atoms with Crippen molar-refractivity contribution in [1.82, 2.24) is 5.32 Å². The SMILES string of the molecule is CCCC[C@H](NC(=O)CN1C(=O)CCc2ccccc21)C(=O)O. The molecule has 6 heteroatoms. The lowest BCUT2D eigenvalue weighted by atomic mass is 10.0. The first kappa shape index (κ1) is 17.0. The molecule has 2 amide bonds. The highest BCUT2D eigenvalue weighted by molar-refractivity contribution is 6.01. The first-order valence-electron chi connectivity index (χ1n) is 7.93. The number of carbonyl (C=O) groups excluding carboxylic acids is 2. The van der Waals surface area contributed by atoms with E-state index < -0.39 is 17.9 Å². The van der Waals surface area contributed by atoms with Crippen LogP contribution in [0.4, 0.5) is 5.69 Å². The van der Waals surface area contributed by atoms with Gasteiger partial charge in [-0.15, -0.1) is 0 Å². The van der Waals surface area contributed by atoms with Gasteiger partial charge in [0.2, 0.25) is 11.8 Å².